The van der Waals surface area contributed by atoms with Crippen molar-refractivity contribution in [3.63, 3.8) is 0 Å². The summed E-state index contributed by atoms with van der Waals surface area (Å²) in [5, 5.41) is 10.5. The Hall–Kier alpha value is -3.88. The van der Waals surface area contributed by atoms with Gasteiger partial charge in [-0.3, -0.25) is 4.79 Å². The van der Waals surface area contributed by atoms with Crippen molar-refractivity contribution in [3.05, 3.63) is 77.8 Å². The molecule has 1 N–H and O–H groups in total. The number of benzene rings is 2. The standard InChI is InChI=1S/C22H18F2N4O3/c1-12(2)19(22-26-20(28-31-22)13-6-4-3-5-7-13)25-21(29)17-11-18(30-27-17)14-8-9-15(23)16(24)10-14/h3-12,19H,1-2H3,(H,25,29). The zero-order valence-electron chi connectivity index (χ0n) is 16.7. The van der Waals surface area contributed by atoms with Gasteiger partial charge in [0.2, 0.25) is 11.7 Å². The topological polar surface area (TPSA) is 94.1 Å². The largest absolute Gasteiger partial charge is 0.355 e. The highest BCUT2D eigenvalue weighted by atomic mass is 19.2. The maximum atomic E-state index is 13.5. The van der Waals surface area contributed by atoms with E-state index in [-0.39, 0.29) is 28.8 Å². The third kappa shape index (κ3) is 4.35. The van der Waals surface area contributed by atoms with E-state index in [4.69, 9.17) is 9.05 Å². The zero-order chi connectivity index (χ0) is 22.0. The summed E-state index contributed by atoms with van der Waals surface area (Å²) >= 11 is 0. The molecule has 0 aliphatic heterocycles. The molecule has 7 nitrogen and oxygen atoms in total. The van der Waals surface area contributed by atoms with E-state index < -0.39 is 23.6 Å². The monoisotopic (exact) mass is 424 g/mol. The van der Waals surface area contributed by atoms with Crippen molar-refractivity contribution in [2.75, 3.05) is 0 Å². The minimum Gasteiger partial charge on any atom is -0.355 e. The first-order valence-electron chi connectivity index (χ1n) is 9.54. The quantitative estimate of drug-likeness (QED) is 0.478. The Balaban J connectivity index is 1.53. The molecule has 1 unspecified atom stereocenters. The van der Waals surface area contributed by atoms with Gasteiger partial charge < -0.3 is 14.4 Å². The second kappa shape index (κ2) is 8.47. The van der Waals surface area contributed by atoms with Crippen LogP contribution in [0.25, 0.3) is 22.7 Å². The van der Waals surface area contributed by atoms with Crippen LogP contribution in [-0.4, -0.2) is 21.2 Å². The lowest BCUT2D eigenvalue weighted by Gasteiger charge is -2.17. The van der Waals surface area contributed by atoms with Gasteiger partial charge in [-0.15, -0.1) is 0 Å². The number of nitrogens with one attached hydrogen (secondary N) is 1. The molecule has 2 aromatic heterocycles. The molecule has 1 atom stereocenters. The molecule has 1 amide bonds. The summed E-state index contributed by atoms with van der Waals surface area (Å²) in [7, 11) is 0. The number of hydrogen-bond donors (Lipinski definition) is 1. The number of amides is 1. The molecule has 0 bridgehead atoms. The van der Waals surface area contributed by atoms with Crippen molar-refractivity contribution >= 4 is 5.91 Å². The molecule has 158 valence electrons. The van der Waals surface area contributed by atoms with E-state index in [1.165, 1.54) is 12.1 Å². The van der Waals surface area contributed by atoms with Crippen LogP contribution in [0.4, 0.5) is 8.78 Å². The van der Waals surface area contributed by atoms with E-state index in [1.807, 2.05) is 44.2 Å². The number of nitrogens with zero attached hydrogens (tertiary/aromatic N) is 3. The van der Waals surface area contributed by atoms with Gasteiger partial charge in [0.25, 0.3) is 5.91 Å². The Labute approximate surface area is 176 Å². The number of rotatable bonds is 6. The van der Waals surface area contributed by atoms with Gasteiger partial charge in [0.15, 0.2) is 23.1 Å². The first kappa shape index (κ1) is 20.4. The third-order valence-corrected chi connectivity index (χ3v) is 4.64. The van der Waals surface area contributed by atoms with Crippen LogP contribution >= 0.6 is 0 Å². The van der Waals surface area contributed by atoms with E-state index in [9.17, 15) is 13.6 Å². The highest BCUT2D eigenvalue weighted by Crippen LogP contribution is 2.25. The lowest BCUT2D eigenvalue weighted by atomic mass is 10.0. The number of aromatic nitrogens is 3. The summed E-state index contributed by atoms with van der Waals surface area (Å²) in [4.78, 5) is 17.1. The molecule has 2 heterocycles. The molecule has 0 saturated heterocycles. The van der Waals surface area contributed by atoms with Crippen molar-refractivity contribution in [3.8, 4) is 22.7 Å². The van der Waals surface area contributed by atoms with Crippen molar-refractivity contribution in [1.82, 2.24) is 20.6 Å². The Morgan fingerprint density at radius 1 is 0.935 bits per heavy atom. The predicted octanol–water partition coefficient (Wildman–Crippen LogP) is 4.80. The van der Waals surface area contributed by atoms with Gasteiger partial charge >= 0.3 is 0 Å². The Morgan fingerprint density at radius 3 is 2.42 bits per heavy atom. The molecule has 0 saturated carbocycles. The average Bonchev–Trinajstić information content (AvgIpc) is 3.44. The minimum atomic E-state index is -1.02. The van der Waals surface area contributed by atoms with Gasteiger partial charge in [0, 0.05) is 17.2 Å². The van der Waals surface area contributed by atoms with Gasteiger partial charge in [-0.05, 0) is 24.1 Å². The fourth-order valence-corrected chi connectivity index (χ4v) is 2.96. The summed E-state index contributed by atoms with van der Waals surface area (Å²) in [5.41, 5.74) is 1.03. The molecule has 4 rings (SSSR count). The van der Waals surface area contributed by atoms with Crippen molar-refractivity contribution in [1.29, 1.82) is 0 Å². The van der Waals surface area contributed by atoms with Crippen LogP contribution in [0.1, 0.15) is 36.3 Å². The molecule has 9 heteroatoms. The van der Waals surface area contributed by atoms with E-state index >= 15 is 0 Å². The molecule has 0 aliphatic carbocycles. The fourth-order valence-electron chi connectivity index (χ4n) is 2.96. The van der Waals surface area contributed by atoms with E-state index in [0.717, 1.165) is 17.7 Å². The Bertz CT molecular complexity index is 1200. The second-order valence-electron chi connectivity index (χ2n) is 7.22. The normalized spacial score (nSPS) is 12.2. The highest BCUT2D eigenvalue weighted by Gasteiger charge is 2.27. The van der Waals surface area contributed by atoms with Crippen molar-refractivity contribution in [2.24, 2.45) is 5.92 Å². The maximum Gasteiger partial charge on any atom is 0.274 e. The van der Waals surface area contributed by atoms with Gasteiger partial charge in [-0.2, -0.15) is 4.98 Å². The SMILES string of the molecule is CC(C)C(NC(=O)c1cc(-c2ccc(F)c(F)c2)on1)c1nc(-c2ccccc2)no1. The third-order valence-electron chi connectivity index (χ3n) is 4.64. The van der Waals surface area contributed by atoms with E-state index in [2.05, 4.69) is 20.6 Å². The van der Waals surface area contributed by atoms with Crippen LogP contribution < -0.4 is 5.32 Å². The first-order chi connectivity index (χ1) is 14.9. The molecule has 0 aliphatic rings. The summed E-state index contributed by atoms with van der Waals surface area (Å²) in [6.45, 7) is 3.79. The number of halogens is 2. The zero-order valence-corrected chi connectivity index (χ0v) is 16.7. The number of carbonyl (C=O) groups is 1. The summed E-state index contributed by atoms with van der Waals surface area (Å²) < 4.78 is 37.1. The first-order valence-corrected chi connectivity index (χ1v) is 9.54. The minimum absolute atomic E-state index is 0.0202. The van der Waals surface area contributed by atoms with Gasteiger partial charge in [0.1, 0.15) is 6.04 Å². The average molecular weight is 424 g/mol. The molecular formula is C22H18F2N4O3. The fraction of sp³-hybridized carbons (Fsp3) is 0.182. The summed E-state index contributed by atoms with van der Waals surface area (Å²) in [5.74, 6) is -1.79. The molecule has 0 spiro atoms. The van der Waals surface area contributed by atoms with Crippen LogP contribution in [0, 0.1) is 17.6 Å². The lowest BCUT2D eigenvalue weighted by Crippen LogP contribution is -2.32. The van der Waals surface area contributed by atoms with Crippen LogP contribution in [0.5, 0.6) is 0 Å². The Morgan fingerprint density at radius 2 is 1.71 bits per heavy atom. The molecule has 0 radical (unpaired) electrons. The van der Waals surface area contributed by atoms with Gasteiger partial charge in [-0.1, -0.05) is 54.5 Å². The number of hydrogen-bond acceptors (Lipinski definition) is 6. The van der Waals surface area contributed by atoms with Crippen molar-refractivity contribution < 1.29 is 22.6 Å². The summed E-state index contributed by atoms with van der Waals surface area (Å²) in [6, 6.07) is 13.4. The molecule has 31 heavy (non-hydrogen) atoms. The number of carbonyl (C=O) groups excluding carboxylic acids is 1. The smallest absolute Gasteiger partial charge is 0.274 e. The van der Waals surface area contributed by atoms with E-state index in [0.29, 0.717) is 5.82 Å². The highest BCUT2D eigenvalue weighted by molar-refractivity contribution is 5.93. The molecule has 2 aromatic carbocycles. The second-order valence-corrected chi connectivity index (χ2v) is 7.22. The van der Waals surface area contributed by atoms with Crippen LogP contribution in [0.15, 0.2) is 63.6 Å². The van der Waals surface area contributed by atoms with Crippen LogP contribution in [-0.2, 0) is 0 Å². The predicted molar refractivity (Wildman–Crippen MR) is 107 cm³/mol. The maximum absolute atomic E-state index is 13.5. The van der Waals surface area contributed by atoms with Crippen LogP contribution in [0.3, 0.4) is 0 Å². The van der Waals surface area contributed by atoms with E-state index in [1.54, 1.807) is 0 Å². The lowest BCUT2D eigenvalue weighted by molar-refractivity contribution is 0.0904. The van der Waals surface area contributed by atoms with Crippen molar-refractivity contribution in [2.45, 2.75) is 19.9 Å². The molecule has 4 aromatic rings. The molecule has 0 fully saturated rings. The van der Waals surface area contributed by atoms with Gasteiger partial charge in [0.05, 0.1) is 0 Å². The molecular weight excluding hydrogens is 406 g/mol. The van der Waals surface area contributed by atoms with Gasteiger partial charge in [-0.25, -0.2) is 8.78 Å². The summed E-state index contributed by atoms with van der Waals surface area (Å²) in [6.07, 6.45) is 0. The van der Waals surface area contributed by atoms with Crippen LogP contribution in [0.2, 0.25) is 0 Å². The Kier molecular flexibility index (Phi) is 5.57.